The first-order chi connectivity index (χ1) is 9.16. The van der Waals surface area contributed by atoms with E-state index in [1.54, 1.807) is 0 Å². The lowest BCUT2D eigenvalue weighted by molar-refractivity contribution is -0.125. The Labute approximate surface area is 111 Å². The molecule has 1 aromatic carbocycles. The van der Waals surface area contributed by atoms with Gasteiger partial charge in [-0.25, -0.2) is 0 Å². The normalized spacial score (nSPS) is 10.5. The standard InChI is InChI=1S/C14H17N3O2/c15-13(18)5-6-14(19)16-8-7-10-9-17-12-4-2-1-3-11(10)12/h1-4,9,17H,5-8H2,(H2,15,18)(H,16,19). The van der Waals surface area contributed by atoms with Crippen molar-refractivity contribution in [2.45, 2.75) is 19.3 Å². The first-order valence-electron chi connectivity index (χ1n) is 6.27. The third-order valence-corrected chi connectivity index (χ3v) is 2.99. The van der Waals surface area contributed by atoms with E-state index >= 15 is 0 Å². The summed E-state index contributed by atoms with van der Waals surface area (Å²) in [5.41, 5.74) is 7.25. The van der Waals surface area contributed by atoms with Gasteiger partial charge in [-0.05, 0) is 18.1 Å². The number of aromatic amines is 1. The first kappa shape index (κ1) is 13.1. The van der Waals surface area contributed by atoms with Crippen LogP contribution in [0.5, 0.6) is 0 Å². The Kier molecular flexibility index (Phi) is 4.18. The maximum absolute atomic E-state index is 11.4. The number of hydrogen-bond donors (Lipinski definition) is 3. The van der Waals surface area contributed by atoms with Gasteiger partial charge in [0.25, 0.3) is 0 Å². The molecule has 0 aliphatic heterocycles. The highest BCUT2D eigenvalue weighted by Gasteiger charge is 2.05. The summed E-state index contributed by atoms with van der Waals surface area (Å²) in [7, 11) is 0. The lowest BCUT2D eigenvalue weighted by Crippen LogP contribution is -2.26. The molecule has 4 N–H and O–H groups in total. The molecule has 0 fully saturated rings. The van der Waals surface area contributed by atoms with E-state index in [0.29, 0.717) is 6.54 Å². The Hall–Kier alpha value is -2.30. The Bertz CT molecular complexity index is 589. The van der Waals surface area contributed by atoms with Gasteiger partial charge < -0.3 is 16.0 Å². The Balaban J connectivity index is 1.83. The van der Waals surface area contributed by atoms with E-state index in [0.717, 1.165) is 11.9 Å². The summed E-state index contributed by atoms with van der Waals surface area (Å²) in [5, 5.41) is 3.96. The van der Waals surface area contributed by atoms with E-state index in [1.807, 2.05) is 24.4 Å². The molecular formula is C14H17N3O2. The molecule has 1 heterocycles. The Morgan fingerprint density at radius 3 is 2.79 bits per heavy atom. The number of para-hydroxylation sites is 1. The van der Waals surface area contributed by atoms with Crippen molar-refractivity contribution in [3.8, 4) is 0 Å². The fourth-order valence-corrected chi connectivity index (χ4v) is 2.00. The summed E-state index contributed by atoms with van der Waals surface area (Å²) in [6.07, 6.45) is 2.97. The van der Waals surface area contributed by atoms with Crippen LogP contribution >= 0.6 is 0 Å². The number of amides is 2. The zero-order chi connectivity index (χ0) is 13.7. The van der Waals surface area contributed by atoms with Crippen LogP contribution in [0.25, 0.3) is 10.9 Å². The fraction of sp³-hybridized carbons (Fsp3) is 0.286. The van der Waals surface area contributed by atoms with Crippen LogP contribution < -0.4 is 11.1 Å². The summed E-state index contributed by atoms with van der Waals surface area (Å²) in [5.74, 6) is -0.592. The molecule has 0 unspecified atom stereocenters. The van der Waals surface area contributed by atoms with Crippen LogP contribution in [0.1, 0.15) is 18.4 Å². The number of carbonyl (C=O) groups excluding carboxylic acids is 2. The molecule has 0 atom stereocenters. The number of H-pyrrole nitrogens is 1. The quantitative estimate of drug-likeness (QED) is 0.725. The number of aromatic nitrogens is 1. The maximum atomic E-state index is 11.4. The van der Waals surface area contributed by atoms with E-state index in [9.17, 15) is 9.59 Å². The van der Waals surface area contributed by atoms with Gasteiger partial charge in [-0.1, -0.05) is 18.2 Å². The molecule has 0 radical (unpaired) electrons. The van der Waals surface area contributed by atoms with Gasteiger partial charge in [-0.2, -0.15) is 0 Å². The van der Waals surface area contributed by atoms with Gasteiger partial charge in [-0.3, -0.25) is 9.59 Å². The van der Waals surface area contributed by atoms with Crippen LogP contribution in [-0.2, 0) is 16.0 Å². The SMILES string of the molecule is NC(=O)CCC(=O)NCCc1c[nH]c2ccccc12. The summed E-state index contributed by atoms with van der Waals surface area (Å²) in [4.78, 5) is 25.2. The number of fused-ring (bicyclic) bond motifs is 1. The van der Waals surface area contributed by atoms with Crippen molar-refractivity contribution < 1.29 is 9.59 Å². The maximum Gasteiger partial charge on any atom is 0.220 e. The van der Waals surface area contributed by atoms with Crippen molar-refractivity contribution in [2.75, 3.05) is 6.54 Å². The minimum Gasteiger partial charge on any atom is -0.370 e. The van der Waals surface area contributed by atoms with E-state index < -0.39 is 5.91 Å². The molecule has 2 aromatic rings. The van der Waals surface area contributed by atoms with Gasteiger partial charge in [0.1, 0.15) is 0 Å². The third kappa shape index (κ3) is 3.58. The van der Waals surface area contributed by atoms with Gasteiger partial charge in [0.15, 0.2) is 0 Å². The monoisotopic (exact) mass is 259 g/mol. The average molecular weight is 259 g/mol. The minimum atomic E-state index is -0.452. The van der Waals surface area contributed by atoms with Crippen molar-refractivity contribution in [3.63, 3.8) is 0 Å². The van der Waals surface area contributed by atoms with Gasteiger partial charge >= 0.3 is 0 Å². The molecule has 0 saturated heterocycles. The van der Waals surface area contributed by atoms with Gasteiger partial charge in [0.05, 0.1) is 0 Å². The molecule has 100 valence electrons. The van der Waals surface area contributed by atoms with Gasteiger partial charge in [0.2, 0.25) is 11.8 Å². The zero-order valence-corrected chi connectivity index (χ0v) is 10.6. The summed E-state index contributed by atoms with van der Waals surface area (Å²) >= 11 is 0. The smallest absolute Gasteiger partial charge is 0.220 e. The third-order valence-electron chi connectivity index (χ3n) is 2.99. The highest BCUT2D eigenvalue weighted by atomic mass is 16.2. The highest BCUT2D eigenvalue weighted by Crippen LogP contribution is 2.17. The largest absolute Gasteiger partial charge is 0.370 e. The van der Waals surface area contributed by atoms with E-state index in [1.165, 1.54) is 10.9 Å². The molecule has 2 rings (SSSR count). The molecule has 5 heteroatoms. The number of hydrogen-bond acceptors (Lipinski definition) is 2. The number of rotatable bonds is 6. The predicted molar refractivity (Wildman–Crippen MR) is 73.4 cm³/mol. The zero-order valence-electron chi connectivity index (χ0n) is 10.6. The molecule has 0 spiro atoms. The van der Waals surface area contributed by atoms with Crippen LogP contribution in [-0.4, -0.2) is 23.3 Å². The topological polar surface area (TPSA) is 88.0 Å². The Morgan fingerprint density at radius 2 is 2.00 bits per heavy atom. The van der Waals surface area contributed by atoms with Crippen LogP contribution in [0.4, 0.5) is 0 Å². The molecule has 19 heavy (non-hydrogen) atoms. The number of primary amides is 1. The molecular weight excluding hydrogens is 242 g/mol. The average Bonchev–Trinajstić information content (AvgIpc) is 2.80. The lowest BCUT2D eigenvalue weighted by Gasteiger charge is -2.03. The molecule has 0 saturated carbocycles. The fourth-order valence-electron chi connectivity index (χ4n) is 2.00. The highest BCUT2D eigenvalue weighted by molar-refractivity contribution is 5.84. The number of nitrogens with one attached hydrogen (secondary N) is 2. The summed E-state index contributed by atoms with van der Waals surface area (Å²) in [6, 6.07) is 8.04. The van der Waals surface area contributed by atoms with Crippen LogP contribution in [0.15, 0.2) is 30.5 Å². The van der Waals surface area contributed by atoms with Crippen LogP contribution in [0.3, 0.4) is 0 Å². The van der Waals surface area contributed by atoms with Crippen molar-refractivity contribution in [3.05, 3.63) is 36.0 Å². The lowest BCUT2D eigenvalue weighted by atomic mass is 10.1. The van der Waals surface area contributed by atoms with E-state index in [2.05, 4.69) is 16.4 Å². The molecule has 0 aliphatic carbocycles. The second-order valence-electron chi connectivity index (χ2n) is 4.43. The van der Waals surface area contributed by atoms with Crippen molar-refractivity contribution in [1.82, 2.24) is 10.3 Å². The number of nitrogens with two attached hydrogens (primary N) is 1. The van der Waals surface area contributed by atoms with Crippen molar-refractivity contribution >= 4 is 22.7 Å². The van der Waals surface area contributed by atoms with E-state index in [4.69, 9.17) is 5.73 Å². The van der Waals surface area contributed by atoms with E-state index in [-0.39, 0.29) is 18.7 Å². The predicted octanol–water partition coefficient (Wildman–Crippen LogP) is 1.09. The number of benzene rings is 1. The van der Waals surface area contributed by atoms with Crippen molar-refractivity contribution in [2.24, 2.45) is 5.73 Å². The molecule has 0 bridgehead atoms. The van der Waals surface area contributed by atoms with Crippen LogP contribution in [0, 0.1) is 0 Å². The molecule has 2 amide bonds. The summed E-state index contributed by atoms with van der Waals surface area (Å²) in [6.45, 7) is 0.555. The first-order valence-corrected chi connectivity index (χ1v) is 6.27. The van der Waals surface area contributed by atoms with Gasteiger partial charge in [-0.15, -0.1) is 0 Å². The molecule has 1 aromatic heterocycles. The summed E-state index contributed by atoms with van der Waals surface area (Å²) < 4.78 is 0. The van der Waals surface area contributed by atoms with Crippen LogP contribution in [0.2, 0.25) is 0 Å². The molecule has 5 nitrogen and oxygen atoms in total. The van der Waals surface area contributed by atoms with Crippen molar-refractivity contribution in [1.29, 1.82) is 0 Å². The second kappa shape index (κ2) is 6.04. The van der Waals surface area contributed by atoms with Gasteiger partial charge in [0, 0.05) is 36.5 Å². The molecule has 0 aliphatic rings. The second-order valence-corrected chi connectivity index (χ2v) is 4.43. The number of carbonyl (C=O) groups is 2. The Morgan fingerprint density at radius 1 is 1.21 bits per heavy atom. The minimum absolute atomic E-state index is 0.0961.